The van der Waals surface area contributed by atoms with Gasteiger partial charge in [-0.3, -0.25) is 31.8 Å². The number of H-pyrrole nitrogens is 2. The molecular weight excluding hydrogens is 1570 g/mol. The van der Waals surface area contributed by atoms with Crippen LogP contribution >= 0.6 is 11.8 Å². The van der Waals surface area contributed by atoms with Gasteiger partial charge < -0.3 is 118 Å². The first-order valence-electron chi connectivity index (χ1n) is 37.5. The minimum Gasteiger partial charge on any atom is -0.497 e. The molecule has 0 radical (unpaired) electrons. The van der Waals surface area contributed by atoms with Crippen molar-refractivity contribution in [3.63, 3.8) is 0 Å². The molecule has 0 saturated carbocycles. The summed E-state index contributed by atoms with van der Waals surface area (Å²) in [5.74, 6) is -15.8. The Hall–Kier alpha value is -12.5. The number of aromatic nitrogens is 3. The highest BCUT2D eigenvalue weighted by Gasteiger charge is 2.32. The number of aliphatic imine (C=N–C) groups is 14. The smallest absolute Gasteiger partial charge is 0.300 e. The van der Waals surface area contributed by atoms with Gasteiger partial charge in [-0.25, -0.2) is 74.9 Å². The minimum atomic E-state index is -1.86. The Morgan fingerprint density at radius 2 is 1.04 bits per heavy atom. The first-order chi connectivity index (χ1) is 55.5. The molecule has 12 atom stereocenters. The fraction of sp³-hybridized carbons (Fsp3) is 0.575. The Morgan fingerprint density at radius 3 is 1.55 bits per heavy atom. The van der Waals surface area contributed by atoms with Crippen LogP contribution in [-0.2, 0) is 17.6 Å². The fourth-order valence-corrected chi connectivity index (χ4v) is 11.5. The van der Waals surface area contributed by atoms with Crippen molar-refractivity contribution in [3.05, 3.63) is 54.2 Å². The number of thioether (sulfide) groups is 1. The highest BCUT2D eigenvalue weighted by molar-refractivity contribution is 7.98. The van der Waals surface area contributed by atoms with E-state index in [1.54, 1.807) is 58.2 Å². The lowest BCUT2D eigenvalue weighted by Gasteiger charge is -2.19. The molecule has 1 aliphatic rings. The van der Waals surface area contributed by atoms with Gasteiger partial charge >= 0.3 is 0 Å². The van der Waals surface area contributed by atoms with E-state index in [0.29, 0.717) is 27.9 Å². The number of carboxylic acid groups (broad SMARTS) is 1. The van der Waals surface area contributed by atoms with E-state index >= 15 is 0 Å². The monoisotopic (exact) mass is 1680 g/mol. The Labute approximate surface area is 684 Å². The van der Waals surface area contributed by atoms with Gasteiger partial charge in [-0.2, -0.15) is 11.8 Å². The number of aliphatic hydroxyl groups excluding tert-OH is 18. The van der Waals surface area contributed by atoms with Crippen molar-refractivity contribution in [3.8, 4) is 0 Å². The molecule has 3 aromatic rings. The van der Waals surface area contributed by atoms with Gasteiger partial charge in [-0.15, -0.1) is 0 Å². The zero-order chi connectivity index (χ0) is 88.6. The van der Waals surface area contributed by atoms with Crippen LogP contribution in [0.5, 0.6) is 0 Å². The van der Waals surface area contributed by atoms with Crippen LogP contribution < -0.4 is 11.1 Å². The van der Waals surface area contributed by atoms with E-state index in [2.05, 4.69) is 90.2 Å². The van der Waals surface area contributed by atoms with Crippen LogP contribution in [0, 0.1) is 44.8 Å². The number of para-hydroxylation sites is 1. The van der Waals surface area contributed by atoms with Gasteiger partial charge in [0.2, 0.25) is 82.6 Å². The standard InChI is InChI=1S/C71H110N24O18S.C2H4O2/c1-34(2)24-47(92-62(105)43(14-11-22-79-71(76)77)89-64(107)45(15-18-52(72)96)90-63(106)44-17-20-55(99)85-44)61(104)81-31-56(100)87-51(28-54(74)98)69(112)91-46(16-19-53(73)97)65(108)94-49(26-38-29-80-41-13-10-9-12-40(38)41)66(109)84-37(7)60(103)95-58(36(5)6)70(113)82-32-57(101)86-50(27-39-30-78-33-83-39)68(111)93-48(25-35(3)4)67(110)88-42(59(75)102)21-23-114-8;1-2(3)4/h9-10,12-13,29-30,33-37,42-51,58,80H,11,14-28,31-32H2,1-8H3,(H2,72,96)(H2,73,97)(H2,74,98)(H2,75,102)(H,78,83)(H,81,104)(H,82,113)(H,84,109)(H,85,99)(H,86,101)(H,87,100)(H,88,110)(H,89,107)(H,90,106)(H,91,112)(H,92,105)(H,93,111)(H,94,108)(H,95,103)(H4,76,77,79);1H3,(H,3,4). The number of fused-ring (bicyclic) bond motifs is 1. The van der Waals surface area contributed by atoms with Crippen molar-refractivity contribution < 1.29 is 102 Å². The van der Waals surface area contributed by atoms with Crippen LogP contribution in [0.15, 0.2) is 113 Å². The number of hydrogen-bond acceptors (Lipinski definition) is 22. The zero-order valence-electron chi connectivity index (χ0n) is 67.0. The van der Waals surface area contributed by atoms with Crippen molar-refractivity contribution in [1.82, 2.24) is 20.3 Å². The maximum absolute atomic E-state index is 11.9. The molecule has 45 heteroatoms. The largest absolute Gasteiger partial charge is 0.497 e. The summed E-state index contributed by atoms with van der Waals surface area (Å²) in [6, 6.07) is -9.77. The summed E-state index contributed by atoms with van der Waals surface area (Å²) in [5, 5.41) is 248. The summed E-state index contributed by atoms with van der Waals surface area (Å²) in [6.07, 6.45) is 4.07. The van der Waals surface area contributed by atoms with Crippen LogP contribution in [0.2, 0.25) is 0 Å². The molecule has 0 saturated heterocycles. The number of carboxylic acids is 1. The van der Waals surface area contributed by atoms with E-state index in [1.165, 1.54) is 31.2 Å². The van der Waals surface area contributed by atoms with Crippen LogP contribution in [-0.4, -0.2) is 334 Å². The quantitative estimate of drug-likeness (QED) is 0.0142. The van der Waals surface area contributed by atoms with Gasteiger partial charge in [0, 0.05) is 74.6 Å². The Morgan fingerprint density at radius 1 is 0.559 bits per heavy atom. The summed E-state index contributed by atoms with van der Waals surface area (Å²) in [4.78, 5) is 77.3. The number of hydrogen-bond donors (Lipinski definition) is 28. The third-order valence-corrected chi connectivity index (χ3v) is 17.6. The maximum Gasteiger partial charge on any atom is 0.300 e. The Kier molecular flexibility index (Phi) is 42.9. The Bertz CT molecular complexity index is 4260. The number of aliphatic hydroxyl groups is 18. The number of guanidine groups is 1. The number of rotatable bonds is 51. The molecule has 3 heterocycles. The van der Waals surface area contributed by atoms with E-state index in [9.17, 15) is 91.9 Å². The molecule has 1 aliphatic heterocycles. The lowest BCUT2D eigenvalue weighted by molar-refractivity contribution is -0.134. The van der Waals surface area contributed by atoms with Gasteiger partial charge in [-0.1, -0.05) is 59.7 Å². The predicted molar refractivity (Wildman–Crippen MR) is 459 cm³/mol. The van der Waals surface area contributed by atoms with Crippen LogP contribution in [0.4, 0.5) is 0 Å². The summed E-state index contributed by atoms with van der Waals surface area (Å²) in [5.41, 5.74) is 7.06. The van der Waals surface area contributed by atoms with Crippen LogP contribution in [0.25, 0.3) is 10.9 Å². The summed E-state index contributed by atoms with van der Waals surface area (Å²) in [7, 11) is 0. The molecule has 2 aromatic heterocycles. The molecule has 0 spiro atoms. The molecule has 29 N–H and O–H groups in total. The van der Waals surface area contributed by atoms with Crippen LogP contribution in [0.3, 0.4) is 0 Å². The van der Waals surface area contributed by atoms with Gasteiger partial charge in [-0.05, 0) is 99.7 Å². The molecular formula is C73H114N24O20S. The number of imidazole rings is 1. The average molecular weight is 1680 g/mol. The number of aliphatic carboxylic acids is 1. The molecule has 0 amide bonds. The van der Waals surface area contributed by atoms with Crippen molar-refractivity contribution >= 4 is 141 Å². The van der Waals surface area contributed by atoms with Gasteiger partial charge in [0.05, 0.1) is 12.7 Å². The second-order valence-electron chi connectivity index (χ2n) is 28.3. The second-order valence-corrected chi connectivity index (χ2v) is 29.3. The summed E-state index contributed by atoms with van der Waals surface area (Å²) < 4.78 is 0. The normalized spacial score (nSPS) is 17.9. The zero-order valence-corrected chi connectivity index (χ0v) is 67.8. The van der Waals surface area contributed by atoms with Crippen molar-refractivity contribution in [2.75, 3.05) is 31.6 Å². The molecule has 4 rings (SSSR count). The molecule has 118 heavy (non-hydrogen) atoms. The molecule has 12 unspecified atom stereocenters. The topological polar surface area (TPSA) is 776 Å². The van der Waals surface area contributed by atoms with Crippen LogP contribution in [0.1, 0.15) is 144 Å². The van der Waals surface area contributed by atoms with E-state index < -0.39 is 217 Å². The first kappa shape index (κ1) is 99.7. The van der Waals surface area contributed by atoms with Gasteiger partial charge in [0.25, 0.3) is 5.97 Å². The Balaban J connectivity index is 0.00000878. The van der Waals surface area contributed by atoms with Crippen molar-refractivity contribution in [2.24, 2.45) is 93.4 Å². The molecule has 0 aliphatic carbocycles. The number of aromatic amines is 2. The van der Waals surface area contributed by atoms with Gasteiger partial charge in [0.1, 0.15) is 85.6 Å². The van der Waals surface area contributed by atoms with E-state index in [1.807, 2.05) is 20.1 Å². The minimum absolute atomic E-state index is 0.0253. The number of nitrogens with zero attached hydrogens (tertiary/aromatic N) is 15. The highest BCUT2D eigenvalue weighted by atomic mass is 32.2. The number of nitrogens with one attached hydrogen (secondary N) is 8. The first-order valence-corrected chi connectivity index (χ1v) is 38.9. The SMILES string of the molecule is CC(=O)O.CSCCC(N=C(O)C(CC(C)C)N=C(O)C(Cc1cnc[nH]1)N=C(O)CN=C(O)C(N=C(O)C(C)N=C(O)C(Cc1c[nH]c2ccccc12)N=C(O)C(CCC(=N)O)N=C(O)C(CC(=N)O)N=C(O)CN=C(O)C(CC(C)C)N=C(O)C(CCCNC(=N)N)N=C(O)C(CCC(=N)O)N=C(O)C1CCC(O)=N1)C(C)C)C(=N)O. The molecule has 1 aromatic carbocycles. The average Bonchev–Trinajstić information content (AvgIpc) is 1.67. The second kappa shape index (κ2) is 50.8. The third-order valence-electron chi connectivity index (χ3n) is 16.9. The molecule has 44 nitrogen and oxygen atoms in total. The van der Waals surface area contributed by atoms with E-state index in [-0.39, 0.29) is 101 Å². The predicted octanol–water partition coefficient (Wildman–Crippen LogP) is 9.25. The number of carbonyl (C=O) groups is 1. The molecule has 0 bridgehead atoms. The number of benzene rings is 1. The van der Waals surface area contributed by atoms with Crippen molar-refractivity contribution in [1.29, 1.82) is 27.0 Å². The molecule has 0 fully saturated rings. The highest BCUT2D eigenvalue weighted by Crippen LogP contribution is 2.24. The lowest BCUT2D eigenvalue weighted by atomic mass is 10.0. The van der Waals surface area contributed by atoms with Gasteiger partial charge in [0.15, 0.2) is 29.6 Å². The van der Waals surface area contributed by atoms with E-state index in [4.69, 9.17) is 42.7 Å². The fourth-order valence-electron chi connectivity index (χ4n) is 11.0. The number of nitrogens with two attached hydrogens (primary N) is 1. The lowest BCUT2D eigenvalue weighted by Crippen LogP contribution is -2.33. The molecule has 652 valence electrons. The third kappa shape index (κ3) is 37.4. The summed E-state index contributed by atoms with van der Waals surface area (Å²) in [6.45, 7) is 11.2. The van der Waals surface area contributed by atoms with E-state index in [0.717, 1.165) is 6.92 Å². The van der Waals surface area contributed by atoms with Crippen molar-refractivity contribution in [2.45, 2.75) is 218 Å². The maximum atomic E-state index is 11.9. The summed E-state index contributed by atoms with van der Waals surface area (Å²) >= 11 is 1.45.